The topological polar surface area (TPSA) is 37.3 Å². The molecule has 70 valence electrons. The highest BCUT2D eigenvalue weighted by Crippen LogP contribution is 2.30. The van der Waals surface area contributed by atoms with E-state index in [4.69, 9.17) is 16.7 Å². The molecule has 0 unspecified atom stereocenters. The van der Waals surface area contributed by atoms with Crippen molar-refractivity contribution in [2.75, 3.05) is 6.26 Å². The van der Waals surface area contributed by atoms with Gasteiger partial charge < -0.3 is 5.11 Å². The van der Waals surface area contributed by atoms with Crippen LogP contribution in [0.5, 0.6) is 0 Å². The number of carboxylic acids is 1. The van der Waals surface area contributed by atoms with E-state index < -0.39 is 17.3 Å². The van der Waals surface area contributed by atoms with Crippen LogP contribution < -0.4 is 0 Å². The maximum atomic E-state index is 12.9. The Morgan fingerprint density at radius 2 is 2.23 bits per heavy atom. The molecule has 0 saturated carbocycles. The molecule has 0 fully saturated rings. The first-order valence-corrected chi connectivity index (χ1v) is 4.93. The molecule has 1 aromatic carbocycles. The van der Waals surface area contributed by atoms with Gasteiger partial charge in [-0.05, 0) is 18.4 Å². The van der Waals surface area contributed by atoms with Crippen molar-refractivity contribution in [3.63, 3.8) is 0 Å². The predicted octanol–water partition coefficient (Wildman–Crippen LogP) is 2.90. The number of hydrogen-bond donors (Lipinski definition) is 1. The van der Waals surface area contributed by atoms with Crippen LogP contribution in [0.4, 0.5) is 4.39 Å². The first-order chi connectivity index (χ1) is 6.07. The summed E-state index contributed by atoms with van der Waals surface area (Å²) in [6.07, 6.45) is 1.74. The molecule has 0 amide bonds. The molecule has 0 spiro atoms. The molecule has 0 radical (unpaired) electrons. The second kappa shape index (κ2) is 3.98. The zero-order valence-electron chi connectivity index (χ0n) is 6.67. The van der Waals surface area contributed by atoms with Crippen LogP contribution >= 0.6 is 23.4 Å². The minimum Gasteiger partial charge on any atom is -0.478 e. The zero-order chi connectivity index (χ0) is 10.0. The van der Waals surface area contributed by atoms with E-state index in [-0.39, 0.29) is 5.02 Å². The van der Waals surface area contributed by atoms with Gasteiger partial charge in [-0.15, -0.1) is 11.8 Å². The van der Waals surface area contributed by atoms with E-state index in [1.807, 2.05) is 0 Å². The third-order valence-electron chi connectivity index (χ3n) is 1.49. The van der Waals surface area contributed by atoms with E-state index >= 15 is 0 Å². The van der Waals surface area contributed by atoms with Crippen molar-refractivity contribution in [2.45, 2.75) is 4.90 Å². The molecule has 1 N–H and O–H groups in total. The van der Waals surface area contributed by atoms with E-state index in [2.05, 4.69) is 0 Å². The summed E-state index contributed by atoms with van der Waals surface area (Å²) in [5.74, 6) is -2.16. The van der Waals surface area contributed by atoms with Gasteiger partial charge in [0, 0.05) is 4.90 Å². The average molecular weight is 221 g/mol. The lowest BCUT2D eigenvalue weighted by atomic mass is 10.2. The highest BCUT2D eigenvalue weighted by atomic mass is 35.5. The molecule has 1 aromatic rings. The highest BCUT2D eigenvalue weighted by Gasteiger charge is 2.17. The minimum absolute atomic E-state index is 0.0417. The molecule has 0 bridgehead atoms. The lowest BCUT2D eigenvalue weighted by Crippen LogP contribution is -2.02. The Bertz CT molecular complexity index is 354. The van der Waals surface area contributed by atoms with Gasteiger partial charge in [-0.2, -0.15) is 0 Å². The van der Waals surface area contributed by atoms with Crippen LogP contribution in [0.1, 0.15) is 10.4 Å². The predicted molar refractivity (Wildman–Crippen MR) is 50.2 cm³/mol. The first kappa shape index (κ1) is 10.3. The molecule has 0 atom stereocenters. The zero-order valence-corrected chi connectivity index (χ0v) is 8.25. The van der Waals surface area contributed by atoms with E-state index in [9.17, 15) is 9.18 Å². The van der Waals surface area contributed by atoms with Gasteiger partial charge in [0.15, 0.2) is 0 Å². The summed E-state index contributed by atoms with van der Waals surface area (Å²) in [6, 6.07) is 2.55. The van der Waals surface area contributed by atoms with Crippen LogP contribution in [0.3, 0.4) is 0 Å². The molecule has 2 nitrogen and oxygen atoms in total. The molecule has 0 saturated heterocycles. The Morgan fingerprint density at radius 1 is 1.62 bits per heavy atom. The minimum atomic E-state index is -1.35. The third-order valence-corrected chi connectivity index (χ3v) is 2.77. The van der Waals surface area contributed by atoms with Crippen molar-refractivity contribution < 1.29 is 14.3 Å². The van der Waals surface area contributed by atoms with Crippen LogP contribution in [0.2, 0.25) is 5.02 Å². The maximum absolute atomic E-state index is 12.9. The first-order valence-electron chi connectivity index (χ1n) is 3.33. The Morgan fingerprint density at radius 3 is 2.69 bits per heavy atom. The summed E-state index contributed by atoms with van der Waals surface area (Å²) in [7, 11) is 0. The van der Waals surface area contributed by atoms with Crippen molar-refractivity contribution in [1.82, 2.24) is 0 Å². The number of halogens is 2. The van der Waals surface area contributed by atoms with Gasteiger partial charge in [0.05, 0.1) is 5.02 Å². The number of benzene rings is 1. The van der Waals surface area contributed by atoms with Gasteiger partial charge in [0.25, 0.3) is 0 Å². The summed E-state index contributed by atoms with van der Waals surface area (Å²) < 4.78 is 12.9. The number of aromatic carboxylic acids is 1. The smallest absolute Gasteiger partial charge is 0.340 e. The number of thioether (sulfide) groups is 1. The maximum Gasteiger partial charge on any atom is 0.340 e. The summed E-state index contributed by atoms with van der Waals surface area (Å²) >= 11 is 6.94. The van der Waals surface area contributed by atoms with E-state index in [1.165, 1.54) is 17.8 Å². The third kappa shape index (κ3) is 1.95. The quantitative estimate of drug-likeness (QED) is 0.779. The van der Waals surface area contributed by atoms with Crippen molar-refractivity contribution in [1.29, 1.82) is 0 Å². The van der Waals surface area contributed by atoms with Crippen LogP contribution in [0.25, 0.3) is 0 Å². The Labute approximate surface area is 83.7 Å². The Balaban J connectivity index is 3.38. The molecule has 0 aromatic heterocycles. The van der Waals surface area contributed by atoms with Gasteiger partial charge in [-0.3, -0.25) is 0 Å². The summed E-state index contributed by atoms with van der Waals surface area (Å²) in [5.41, 5.74) is -0.464. The fourth-order valence-corrected chi connectivity index (χ4v) is 1.84. The molecule has 0 aliphatic rings. The van der Waals surface area contributed by atoms with Crippen LogP contribution in [0.15, 0.2) is 17.0 Å². The molecular formula is C8H6ClFO2S. The van der Waals surface area contributed by atoms with Gasteiger partial charge in [-0.1, -0.05) is 11.6 Å². The van der Waals surface area contributed by atoms with Gasteiger partial charge >= 0.3 is 5.97 Å². The van der Waals surface area contributed by atoms with Crippen molar-refractivity contribution >= 4 is 29.3 Å². The van der Waals surface area contributed by atoms with Crippen molar-refractivity contribution in [3.8, 4) is 0 Å². The van der Waals surface area contributed by atoms with E-state index in [0.717, 1.165) is 6.07 Å². The van der Waals surface area contributed by atoms with Crippen LogP contribution in [-0.2, 0) is 0 Å². The molecule has 0 heterocycles. The Hall–Kier alpha value is -0.740. The van der Waals surface area contributed by atoms with Crippen LogP contribution in [-0.4, -0.2) is 17.3 Å². The summed E-state index contributed by atoms with van der Waals surface area (Å²) in [5, 5.41) is 8.59. The standard InChI is InChI=1S/C8H6ClFO2S/c1-13-5-3-2-4(10)6(7(5)9)8(11)12/h2-3H,1H3,(H,11,12). The normalized spacial score (nSPS) is 10.1. The number of hydrogen-bond acceptors (Lipinski definition) is 2. The van der Waals surface area contributed by atoms with Crippen LogP contribution in [0, 0.1) is 5.82 Å². The lowest BCUT2D eigenvalue weighted by molar-refractivity contribution is 0.0692. The lowest BCUT2D eigenvalue weighted by Gasteiger charge is -2.04. The largest absolute Gasteiger partial charge is 0.478 e. The van der Waals surface area contributed by atoms with Crippen molar-refractivity contribution in [2.24, 2.45) is 0 Å². The van der Waals surface area contributed by atoms with Crippen molar-refractivity contribution in [3.05, 3.63) is 28.5 Å². The Kier molecular flexibility index (Phi) is 3.17. The summed E-state index contributed by atoms with van der Waals surface area (Å²) in [6.45, 7) is 0. The average Bonchev–Trinajstić information content (AvgIpc) is 2.04. The molecule has 1 rings (SSSR count). The molecular weight excluding hydrogens is 215 g/mol. The van der Waals surface area contributed by atoms with E-state index in [1.54, 1.807) is 6.26 Å². The molecule has 0 aliphatic carbocycles. The van der Waals surface area contributed by atoms with Gasteiger partial charge in [-0.25, -0.2) is 9.18 Å². The number of carbonyl (C=O) groups is 1. The van der Waals surface area contributed by atoms with E-state index in [0.29, 0.717) is 4.90 Å². The summed E-state index contributed by atoms with van der Waals surface area (Å²) in [4.78, 5) is 11.1. The number of carboxylic acid groups (broad SMARTS) is 1. The highest BCUT2D eigenvalue weighted by molar-refractivity contribution is 7.98. The second-order valence-electron chi connectivity index (χ2n) is 2.24. The fraction of sp³-hybridized carbons (Fsp3) is 0.125. The molecule has 0 aliphatic heterocycles. The van der Waals surface area contributed by atoms with Gasteiger partial charge in [0.1, 0.15) is 11.4 Å². The van der Waals surface area contributed by atoms with Gasteiger partial charge in [0.2, 0.25) is 0 Å². The number of rotatable bonds is 2. The molecule has 13 heavy (non-hydrogen) atoms. The fourth-order valence-electron chi connectivity index (χ4n) is 0.887. The molecule has 5 heteroatoms. The second-order valence-corrected chi connectivity index (χ2v) is 3.47. The SMILES string of the molecule is CSc1ccc(F)c(C(=O)O)c1Cl. The monoisotopic (exact) mass is 220 g/mol.